The van der Waals surface area contributed by atoms with Crippen LogP contribution in [0.4, 0.5) is 0 Å². The third kappa shape index (κ3) is 9.91. The van der Waals surface area contributed by atoms with E-state index in [9.17, 15) is 19.8 Å². The first-order valence-electron chi connectivity index (χ1n) is 13.7. The summed E-state index contributed by atoms with van der Waals surface area (Å²) in [6.45, 7) is 1.99. The van der Waals surface area contributed by atoms with Gasteiger partial charge in [-0.15, -0.1) is 0 Å². The van der Waals surface area contributed by atoms with Gasteiger partial charge in [-0.1, -0.05) is 97.9 Å². The number of aliphatic hydroxyl groups is 1. The van der Waals surface area contributed by atoms with Crippen LogP contribution in [-0.4, -0.2) is 40.8 Å². The molecule has 39 heavy (non-hydrogen) atoms. The molecule has 0 amide bonds. The Morgan fingerprint density at radius 1 is 0.795 bits per heavy atom. The molecule has 210 valence electrons. The maximum Gasteiger partial charge on any atom is 0.335 e. The minimum absolute atomic E-state index is 0.209. The summed E-state index contributed by atoms with van der Waals surface area (Å²) < 4.78 is 5.64. The summed E-state index contributed by atoms with van der Waals surface area (Å²) in [4.78, 5) is 24.4. The quantitative estimate of drug-likeness (QED) is 0.162. The second-order valence-corrected chi connectivity index (χ2v) is 11.0. The van der Waals surface area contributed by atoms with Crippen LogP contribution in [0.1, 0.15) is 63.0 Å². The van der Waals surface area contributed by atoms with Gasteiger partial charge in [0, 0.05) is 12.5 Å². The van der Waals surface area contributed by atoms with Gasteiger partial charge < -0.3 is 14.9 Å². The molecule has 7 heteroatoms. The number of ether oxygens (including phenoxy) is 1. The minimum atomic E-state index is -1.87. The highest BCUT2D eigenvalue weighted by atomic mass is 35.5. The molecule has 0 bridgehead atoms. The van der Waals surface area contributed by atoms with E-state index < -0.39 is 18.2 Å². The number of carboxylic acid groups (broad SMARTS) is 1. The van der Waals surface area contributed by atoms with Crippen molar-refractivity contribution in [1.82, 2.24) is 0 Å². The molecule has 0 aliphatic rings. The maximum absolute atomic E-state index is 13.0. The number of benzene rings is 3. The van der Waals surface area contributed by atoms with E-state index in [0.29, 0.717) is 22.9 Å². The zero-order valence-corrected chi connectivity index (χ0v) is 24.0. The van der Waals surface area contributed by atoms with Crippen LogP contribution in [0.2, 0.25) is 10.0 Å². The molecule has 2 N–H and O–H groups in total. The van der Waals surface area contributed by atoms with Gasteiger partial charge in [0.05, 0.1) is 10.0 Å². The molecule has 0 saturated carbocycles. The number of carbonyl (C=O) groups is 2. The highest BCUT2D eigenvalue weighted by Gasteiger charge is 2.35. The lowest BCUT2D eigenvalue weighted by atomic mass is 9.92. The molecule has 0 aliphatic carbocycles. The van der Waals surface area contributed by atoms with Crippen LogP contribution in [0.15, 0.2) is 60.7 Å². The van der Waals surface area contributed by atoms with Gasteiger partial charge in [0.1, 0.15) is 0 Å². The van der Waals surface area contributed by atoms with E-state index >= 15 is 0 Å². The first-order valence-corrected chi connectivity index (χ1v) is 14.5. The lowest BCUT2D eigenvalue weighted by molar-refractivity contribution is -0.163. The van der Waals surface area contributed by atoms with Gasteiger partial charge in [-0.3, -0.25) is 4.79 Å². The topological polar surface area (TPSA) is 83.8 Å². The largest absolute Gasteiger partial charge is 0.479 e. The van der Waals surface area contributed by atoms with Crippen molar-refractivity contribution in [2.45, 2.75) is 76.9 Å². The van der Waals surface area contributed by atoms with Crippen LogP contribution < -0.4 is 0 Å². The summed E-state index contributed by atoms with van der Waals surface area (Å²) in [6.07, 6.45) is 4.41. The fourth-order valence-electron chi connectivity index (χ4n) is 4.75. The van der Waals surface area contributed by atoms with E-state index in [0.717, 1.165) is 50.5 Å². The smallest absolute Gasteiger partial charge is 0.335 e. The van der Waals surface area contributed by atoms with Crippen molar-refractivity contribution in [1.29, 1.82) is 0 Å². The van der Waals surface area contributed by atoms with Gasteiger partial charge >= 0.3 is 5.97 Å². The van der Waals surface area contributed by atoms with Gasteiger partial charge in [-0.2, -0.15) is 0 Å². The lowest BCUT2D eigenvalue weighted by Gasteiger charge is -2.23. The number of unbranched alkanes of at least 4 members (excludes halogenated alkanes) is 4. The average Bonchev–Trinajstić information content (AvgIpc) is 2.93. The molecular formula is C32H38Cl2O5. The van der Waals surface area contributed by atoms with Gasteiger partial charge in [0.15, 0.2) is 18.0 Å². The molecule has 0 saturated heterocycles. The third-order valence-electron chi connectivity index (χ3n) is 7.11. The van der Waals surface area contributed by atoms with Crippen molar-refractivity contribution < 1.29 is 24.5 Å². The standard InChI is InChI=1S/C32H38Cl2O5/c1-22(10-4-2-5-11-23-15-17-25-13-7-8-14-26(25)20-23)29(35)31(30(36)32(37)38)39-19-9-3-6-12-24-16-18-27(33)28(34)21-24/h7-8,13-18,20-22,30-31,36H,2-6,9-12,19H2,1H3,(H,37,38)/t22?,30-,31?/m1/s1. The van der Waals surface area contributed by atoms with Crippen LogP contribution in [0, 0.1) is 5.92 Å². The van der Waals surface area contributed by atoms with Crippen molar-refractivity contribution in [2.24, 2.45) is 5.92 Å². The second-order valence-electron chi connectivity index (χ2n) is 10.2. The number of aryl methyl sites for hydroxylation is 2. The number of hydrogen-bond donors (Lipinski definition) is 2. The van der Waals surface area contributed by atoms with Crippen LogP contribution in [0.3, 0.4) is 0 Å². The van der Waals surface area contributed by atoms with Gasteiger partial charge in [-0.05, 0) is 72.6 Å². The van der Waals surface area contributed by atoms with E-state index in [1.165, 1.54) is 16.3 Å². The third-order valence-corrected chi connectivity index (χ3v) is 7.85. The molecular weight excluding hydrogens is 535 g/mol. The number of hydrogen-bond acceptors (Lipinski definition) is 4. The Bertz CT molecular complexity index is 1230. The molecule has 2 unspecified atom stereocenters. The number of aliphatic carboxylic acids is 1. The summed E-state index contributed by atoms with van der Waals surface area (Å²) in [6, 6.07) is 20.4. The Morgan fingerprint density at radius 2 is 1.44 bits per heavy atom. The first kappa shape index (κ1) is 31.1. The zero-order valence-electron chi connectivity index (χ0n) is 22.5. The first-order chi connectivity index (χ1) is 18.8. The normalized spacial score (nSPS) is 13.7. The molecule has 5 nitrogen and oxygen atoms in total. The Hall–Kier alpha value is -2.44. The summed E-state index contributed by atoms with van der Waals surface area (Å²) in [5.41, 5.74) is 2.39. The number of ketones is 1. The summed E-state index contributed by atoms with van der Waals surface area (Å²) in [5, 5.41) is 23.0. The Labute approximate surface area is 241 Å². The number of fused-ring (bicyclic) bond motifs is 1. The Balaban J connectivity index is 1.37. The van der Waals surface area contributed by atoms with Gasteiger partial charge in [-0.25, -0.2) is 4.79 Å². The van der Waals surface area contributed by atoms with Crippen molar-refractivity contribution in [3.05, 3.63) is 81.8 Å². The molecule has 0 heterocycles. The fourth-order valence-corrected chi connectivity index (χ4v) is 5.07. The summed E-state index contributed by atoms with van der Waals surface area (Å²) >= 11 is 12.0. The van der Waals surface area contributed by atoms with E-state index in [2.05, 4.69) is 30.3 Å². The second kappa shape index (κ2) is 16.0. The number of halogens is 2. The zero-order chi connectivity index (χ0) is 28.2. The van der Waals surface area contributed by atoms with Gasteiger partial charge in [0.2, 0.25) is 0 Å². The molecule has 3 aromatic carbocycles. The van der Waals surface area contributed by atoms with E-state index in [4.69, 9.17) is 27.9 Å². The highest BCUT2D eigenvalue weighted by Crippen LogP contribution is 2.24. The molecule has 0 radical (unpaired) electrons. The van der Waals surface area contributed by atoms with Crippen LogP contribution >= 0.6 is 23.2 Å². The van der Waals surface area contributed by atoms with Crippen molar-refractivity contribution in [2.75, 3.05) is 6.61 Å². The van der Waals surface area contributed by atoms with E-state index in [1.807, 2.05) is 24.3 Å². The molecule has 3 rings (SSSR count). The number of rotatable bonds is 17. The Kier molecular flexibility index (Phi) is 12.7. The predicted octanol–water partition coefficient (Wildman–Crippen LogP) is 7.70. The molecule has 3 aromatic rings. The van der Waals surface area contributed by atoms with Crippen LogP contribution in [-0.2, 0) is 27.2 Å². The summed E-state index contributed by atoms with van der Waals surface area (Å²) in [7, 11) is 0. The Morgan fingerprint density at radius 3 is 2.13 bits per heavy atom. The summed E-state index contributed by atoms with van der Waals surface area (Å²) in [5.74, 6) is -2.19. The number of carboxylic acids is 1. The number of aliphatic hydroxyl groups excluding tert-OH is 1. The van der Waals surface area contributed by atoms with Gasteiger partial charge in [0.25, 0.3) is 0 Å². The molecule has 3 atom stereocenters. The van der Waals surface area contributed by atoms with Crippen molar-refractivity contribution in [3.8, 4) is 0 Å². The molecule has 0 aliphatic heterocycles. The average molecular weight is 574 g/mol. The molecule has 0 spiro atoms. The van der Waals surface area contributed by atoms with E-state index in [1.54, 1.807) is 13.0 Å². The van der Waals surface area contributed by atoms with Crippen molar-refractivity contribution in [3.63, 3.8) is 0 Å². The monoisotopic (exact) mass is 572 g/mol. The lowest BCUT2D eigenvalue weighted by Crippen LogP contribution is -2.44. The van der Waals surface area contributed by atoms with Crippen molar-refractivity contribution >= 4 is 45.7 Å². The number of carbonyl (C=O) groups excluding carboxylic acids is 1. The van der Waals surface area contributed by atoms with E-state index in [-0.39, 0.29) is 18.3 Å². The molecule has 0 aromatic heterocycles. The van der Waals surface area contributed by atoms with Crippen LogP contribution in [0.25, 0.3) is 10.8 Å². The fraction of sp³-hybridized carbons (Fsp3) is 0.438. The predicted molar refractivity (Wildman–Crippen MR) is 158 cm³/mol. The SMILES string of the molecule is CC(CCCCCc1ccc2ccccc2c1)C(=O)C(OCCCCCc1ccc(Cl)c(Cl)c1)[C@@H](O)C(=O)O. The maximum atomic E-state index is 13.0. The molecule has 0 fully saturated rings. The number of Topliss-reactive ketones (excluding diaryl/α,β-unsaturated/α-hetero) is 1. The van der Waals surface area contributed by atoms with Crippen LogP contribution in [0.5, 0.6) is 0 Å². The minimum Gasteiger partial charge on any atom is -0.479 e. The highest BCUT2D eigenvalue weighted by molar-refractivity contribution is 6.42.